The number of hydrogen-bond donors (Lipinski definition) is 3. The molecule has 5 aromatic rings. The molecule has 0 unspecified atom stereocenters. The third-order valence-corrected chi connectivity index (χ3v) is 9.03. The van der Waals surface area contributed by atoms with Crippen LogP contribution in [0.2, 0.25) is 0 Å². The van der Waals surface area contributed by atoms with Gasteiger partial charge in [-0.05, 0) is 73.0 Å². The number of quaternary nitrogens is 1. The number of amides is 2. The van der Waals surface area contributed by atoms with E-state index in [0.29, 0.717) is 28.4 Å². The number of rotatable bonds is 11. The average molecular weight is 672 g/mol. The van der Waals surface area contributed by atoms with Gasteiger partial charge in [0.25, 0.3) is 5.91 Å². The molecule has 6 rings (SSSR count). The van der Waals surface area contributed by atoms with Crippen LogP contribution >= 0.6 is 0 Å². The number of nitrogens with zero attached hydrogens (tertiary/aromatic N) is 5. The highest BCUT2D eigenvalue weighted by Gasteiger charge is 2.30. The van der Waals surface area contributed by atoms with Gasteiger partial charge >= 0.3 is 6.09 Å². The minimum Gasteiger partial charge on any atom is -0.399 e. The summed E-state index contributed by atoms with van der Waals surface area (Å²) in [7, 11) is 2.13. The molecule has 1 atom stereocenters. The predicted octanol–water partition coefficient (Wildman–Crippen LogP) is 6.55. The Bertz CT molecular complexity index is 1900. The van der Waals surface area contributed by atoms with Gasteiger partial charge in [-0.1, -0.05) is 48.5 Å². The average Bonchev–Trinajstić information content (AvgIpc) is 3.14. The van der Waals surface area contributed by atoms with Gasteiger partial charge in [0.15, 0.2) is 0 Å². The number of aryl methyl sites for hydroxylation is 1. The number of carbonyl (C=O) groups is 2. The fraction of sp³-hybridized carbons (Fsp3) is 0.256. The van der Waals surface area contributed by atoms with Crippen LogP contribution in [0.4, 0.5) is 22.1 Å². The monoisotopic (exact) mass is 671 g/mol. The van der Waals surface area contributed by atoms with E-state index >= 15 is 0 Å². The molecule has 3 aromatic carbocycles. The number of hydrogen-bond acceptors (Lipinski definition) is 8. The second kappa shape index (κ2) is 15.7. The number of carbonyl (C=O) groups excluding carboxylic acids is 2. The molecule has 1 fully saturated rings. The van der Waals surface area contributed by atoms with Crippen molar-refractivity contribution in [2.75, 3.05) is 50.6 Å². The Labute approximate surface area is 293 Å². The first-order valence-electron chi connectivity index (χ1n) is 16.8. The third kappa shape index (κ3) is 9.07. The van der Waals surface area contributed by atoms with Crippen molar-refractivity contribution >= 4 is 29.3 Å². The van der Waals surface area contributed by atoms with Gasteiger partial charge in [-0.3, -0.25) is 19.2 Å². The molecule has 0 bridgehead atoms. The van der Waals surface area contributed by atoms with Crippen molar-refractivity contribution in [3.63, 3.8) is 0 Å². The molecule has 0 radical (unpaired) electrons. The number of piperazine rings is 1. The molecule has 0 saturated carbocycles. The maximum absolute atomic E-state index is 13.2. The molecular weight excluding hydrogens is 628 g/mol. The second-order valence-electron chi connectivity index (χ2n) is 13.0. The largest absolute Gasteiger partial charge is 0.411 e. The van der Waals surface area contributed by atoms with E-state index in [0.717, 1.165) is 66.4 Å². The van der Waals surface area contributed by atoms with E-state index in [1.807, 2.05) is 105 Å². The van der Waals surface area contributed by atoms with Gasteiger partial charge in [0.2, 0.25) is 12.7 Å². The molecule has 50 heavy (non-hydrogen) atoms. The molecule has 0 spiro atoms. The van der Waals surface area contributed by atoms with Gasteiger partial charge in [-0.2, -0.15) is 0 Å². The first kappa shape index (κ1) is 34.2. The molecule has 3 heterocycles. The van der Waals surface area contributed by atoms with Crippen molar-refractivity contribution in [3.05, 3.63) is 132 Å². The number of nitrogens with one attached hydrogen (secondary N) is 3. The maximum Gasteiger partial charge on any atom is 0.411 e. The number of benzene rings is 3. The zero-order valence-electron chi connectivity index (χ0n) is 28.7. The van der Waals surface area contributed by atoms with E-state index < -0.39 is 6.09 Å². The number of pyridine rings is 1. The Kier molecular flexibility index (Phi) is 10.8. The molecular formula is C39H43N8O3+. The molecule has 11 nitrogen and oxygen atoms in total. The second-order valence-corrected chi connectivity index (χ2v) is 13.0. The van der Waals surface area contributed by atoms with Crippen molar-refractivity contribution in [3.8, 4) is 11.3 Å². The summed E-state index contributed by atoms with van der Waals surface area (Å²) in [5.74, 6) is 0.269. The van der Waals surface area contributed by atoms with Crippen molar-refractivity contribution in [2.45, 2.75) is 26.4 Å². The van der Waals surface area contributed by atoms with E-state index in [-0.39, 0.29) is 11.9 Å². The minimum absolute atomic E-state index is 0.121. The van der Waals surface area contributed by atoms with Crippen molar-refractivity contribution in [1.29, 1.82) is 0 Å². The molecule has 1 aliphatic rings. The van der Waals surface area contributed by atoms with Crippen molar-refractivity contribution in [1.82, 2.24) is 25.2 Å². The normalized spacial score (nSPS) is 14.7. The Morgan fingerprint density at radius 2 is 1.72 bits per heavy atom. The van der Waals surface area contributed by atoms with E-state index in [4.69, 9.17) is 4.74 Å². The van der Waals surface area contributed by atoms with Gasteiger partial charge in [-0.15, -0.1) is 0 Å². The fourth-order valence-corrected chi connectivity index (χ4v) is 5.81. The lowest BCUT2D eigenvalue weighted by atomic mass is 10.1. The molecule has 11 heteroatoms. The number of likely N-dealkylation sites (N-methyl/N-ethyl adjacent to an activating group) is 1. The van der Waals surface area contributed by atoms with E-state index in [1.54, 1.807) is 18.6 Å². The van der Waals surface area contributed by atoms with Gasteiger partial charge in [-0.25, -0.2) is 14.8 Å². The predicted molar refractivity (Wildman–Crippen MR) is 195 cm³/mol. The summed E-state index contributed by atoms with van der Waals surface area (Å²) in [6.45, 7) is 8.56. The van der Waals surface area contributed by atoms with Crippen molar-refractivity contribution in [2.24, 2.45) is 0 Å². The van der Waals surface area contributed by atoms with Crippen LogP contribution in [-0.4, -0.2) is 76.3 Å². The highest BCUT2D eigenvalue weighted by Crippen LogP contribution is 2.25. The van der Waals surface area contributed by atoms with E-state index in [2.05, 4.69) is 42.8 Å². The first-order valence-corrected chi connectivity index (χ1v) is 16.8. The summed E-state index contributed by atoms with van der Waals surface area (Å²) in [5.41, 5.74) is 6.87. The van der Waals surface area contributed by atoms with Crippen LogP contribution in [0.3, 0.4) is 0 Å². The first-order chi connectivity index (χ1) is 24.2. The Morgan fingerprint density at radius 3 is 2.46 bits per heavy atom. The number of anilines is 3. The summed E-state index contributed by atoms with van der Waals surface area (Å²) in [6.07, 6.45) is 4.79. The fourth-order valence-electron chi connectivity index (χ4n) is 5.81. The number of aromatic nitrogens is 3. The van der Waals surface area contributed by atoms with Crippen LogP contribution < -0.4 is 16.0 Å². The lowest BCUT2D eigenvalue weighted by Gasteiger charge is -2.41. The summed E-state index contributed by atoms with van der Waals surface area (Å²) < 4.78 is 6.29. The van der Waals surface area contributed by atoms with E-state index in [9.17, 15) is 9.59 Å². The molecule has 2 aromatic heterocycles. The van der Waals surface area contributed by atoms with Crippen LogP contribution in [0.5, 0.6) is 0 Å². The van der Waals surface area contributed by atoms with Gasteiger partial charge < -0.3 is 20.7 Å². The molecule has 256 valence electrons. The summed E-state index contributed by atoms with van der Waals surface area (Å²) in [6, 6.07) is 28.8. The zero-order valence-corrected chi connectivity index (χ0v) is 28.7. The molecule has 1 saturated heterocycles. The zero-order chi connectivity index (χ0) is 34.9. The quantitative estimate of drug-likeness (QED) is 0.135. The Hall–Kier alpha value is -5.65. The van der Waals surface area contributed by atoms with Gasteiger partial charge in [0.05, 0.1) is 31.9 Å². The Morgan fingerprint density at radius 1 is 0.940 bits per heavy atom. The summed E-state index contributed by atoms with van der Waals surface area (Å²) in [4.78, 5) is 41.2. The lowest BCUT2D eigenvalue weighted by molar-refractivity contribution is -0.929. The molecule has 1 aliphatic heterocycles. The number of alkyl carbamates (subject to hydrolysis) is 1. The van der Waals surface area contributed by atoms with Gasteiger partial charge in [0.1, 0.15) is 0 Å². The van der Waals surface area contributed by atoms with Crippen LogP contribution in [-0.2, 0) is 11.3 Å². The highest BCUT2D eigenvalue weighted by molar-refractivity contribution is 6.04. The van der Waals surface area contributed by atoms with Crippen LogP contribution in [0.25, 0.3) is 11.3 Å². The maximum atomic E-state index is 13.2. The topological polar surface area (TPSA) is 121 Å². The van der Waals surface area contributed by atoms with Crippen LogP contribution in [0.1, 0.15) is 40.0 Å². The van der Waals surface area contributed by atoms with E-state index in [1.165, 1.54) is 0 Å². The minimum atomic E-state index is -0.399. The smallest absolute Gasteiger partial charge is 0.399 e. The third-order valence-electron chi connectivity index (χ3n) is 9.03. The summed E-state index contributed by atoms with van der Waals surface area (Å²) in [5, 5.41) is 9.22. The lowest BCUT2D eigenvalue weighted by Crippen LogP contribution is -2.58. The highest BCUT2D eigenvalue weighted by atomic mass is 16.6. The van der Waals surface area contributed by atoms with Crippen LogP contribution in [0, 0.1) is 6.92 Å². The SMILES string of the molecule is Cc1ccc(NC(=O)c2ccc(CN3CC[N+](C)(COC(=O)N[C@H](C)c4ccccc4)CC3)cc2)cc1Nc1nccc(-c2cccnc2)n1. The molecule has 0 aliphatic carbocycles. The summed E-state index contributed by atoms with van der Waals surface area (Å²) >= 11 is 0. The molecule has 2 amide bonds. The standard InChI is InChI=1S/C39H42N8O3/c1-28-11-16-34(24-36(28)45-38-41-19-17-35(44-38)33-10-7-18-40-25-33)43-37(48)32-14-12-30(13-15-32)26-46-20-22-47(3,23-21-46)27-50-39(49)42-29(2)31-8-5-4-6-9-31/h4-19,24-25,29H,20-23,26-27H2,1-3H3,(H2-,41,42,43,44,45,48,49)/p+1/t29-/m1/s1. The Balaban J connectivity index is 0.971. The number of ether oxygens (including phenoxy) is 1. The van der Waals surface area contributed by atoms with Crippen LogP contribution in [0.15, 0.2) is 110 Å². The van der Waals surface area contributed by atoms with Crippen molar-refractivity contribution < 1.29 is 18.8 Å². The molecule has 3 N–H and O–H groups in total. The van der Waals surface area contributed by atoms with Gasteiger partial charge in [0, 0.05) is 60.7 Å².